The van der Waals surface area contributed by atoms with Crippen LogP contribution in [0, 0.1) is 13.8 Å². The van der Waals surface area contributed by atoms with Gasteiger partial charge in [0, 0.05) is 32.1 Å². The first-order valence-corrected chi connectivity index (χ1v) is 25.8. The summed E-state index contributed by atoms with van der Waals surface area (Å²) in [6.45, 7) is 8.38. The molecule has 1 heterocycles. The summed E-state index contributed by atoms with van der Waals surface area (Å²) >= 11 is 0. The summed E-state index contributed by atoms with van der Waals surface area (Å²) in [6, 6.07) is 0. The lowest BCUT2D eigenvalue weighted by Gasteiger charge is -2.28. The molecule has 358 valence electrons. The average molecular weight is 894 g/mol. The molecule has 0 spiro atoms. The van der Waals surface area contributed by atoms with Gasteiger partial charge in [-0.3, -0.25) is 18.9 Å². The molecule has 1 unspecified atom stereocenters. The van der Waals surface area contributed by atoms with Crippen molar-refractivity contribution in [3.63, 3.8) is 0 Å². The highest BCUT2D eigenvalue weighted by Gasteiger charge is 2.22. The number of hydrogen-bond donors (Lipinski definition) is 0. The maximum atomic E-state index is 12.8. The molecule has 0 aromatic carbocycles. The summed E-state index contributed by atoms with van der Waals surface area (Å²) in [7, 11) is 1.08. The number of quaternary nitrogens is 1. The normalized spacial score (nSPS) is 13.5. The van der Waals surface area contributed by atoms with E-state index in [2.05, 4.69) is 33.8 Å². The molecule has 1 aromatic rings. The van der Waals surface area contributed by atoms with Crippen LogP contribution in [0.3, 0.4) is 0 Å². The highest BCUT2D eigenvalue weighted by Crippen LogP contribution is 2.38. The van der Waals surface area contributed by atoms with Gasteiger partial charge in [-0.25, -0.2) is 0 Å². The number of hydrogen-bond acceptors (Lipinski definition) is 10. The van der Waals surface area contributed by atoms with Crippen LogP contribution >= 0.6 is 7.82 Å². The average Bonchev–Trinajstić information content (AvgIpc) is 3.48. The van der Waals surface area contributed by atoms with Crippen molar-refractivity contribution in [1.82, 2.24) is 0 Å². The Balaban J connectivity index is 2.33. The number of rotatable bonds is 41. The smallest absolute Gasteiger partial charge is 0.306 e. The zero-order valence-corrected chi connectivity index (χ0v) is 41.2. The van der Waals surface area contributed by atoms with E-state index in [1.165, 1.54) is 93.3 Å². The first-order chi connectivity index (χ1) is 29.7. The summed E-state index contributed by atoms with van der Waals surface area (Å²) in [5.41, 5.74) is 2.68. The van der Waals surface area contributed by atoms with Gasteiger partial charge in [0.2, 0.25) is 0 Å². The first kappa shape index (κ1) is 57.5. The van der Waals surface area contributed by atoms with Crippen molar-refractivity contribution < 1.29 is 51.3 Å². The Morgan fingerprint density at radius 2 is 1.15 bits per heavy atom. The number of nitrogens with zero attached hydrogens (tertiary/aromatic N) is 1. The minimum absolute atomic E-state index is 0.0556. The lowest BCUT2D eigenvalue weighted by Crippen LogP contribution is -2.37. The molecule has 0 amide bonds. The predicted octanol–water partition coefficient (Wildman–Crippen LogP) is 12.1. The van der Waals surface area contributed by atoms with Gasteiger partial charge in [0.05, 0.1) is 27.7 Å². The zero-order valence-electron chi connectivity index (χ0n) is 40.3. The molecular weight excluding hydrogens is 806 g/mol. The van der Waals surface area contributed by atoms with Crippen molar-refractivity contribution in [1.29, 1.82) is 0 Å². The van der Waals surface area contributed by atoms with Gasteiger partial charge in [0.1, 0.15) is 31.3 Å². The fourth-order valence-electron chi connectivity index (χ4n) is 6.99. The number of aryl methyl sites for hydroxylation is 2. The number of esters is 2. The van der Waals surface area contributed by atoms with Crippen molar-refractivity contribution in [3.05, 3.63) is 47.0 Å². The lowest BCUT2D eigenvalue weighted by atomic mass is 10.0. The Morgan fingerprint density at radius 3 is 1.71 bits per heavy atom. The number of carbonyl (C=O) groups excluding carboxylic acids is 3. The Hall–Kier alpha value is -2.56. The summed E-state index contributed by atoms with van der Waals surface area (Å²) < 4.78 is 40.2. The fraction of sp³-hybridized carbons (Fsp3) is 0.780. The largest absolute Gasteiger partial charge is 0.756 e. The van der Waals surface area contributed by atoms with Gasteiger partial charge < -0.3 is 32.3 Å². The number of unbranched alkanes of at least 4 members (excludes halogenated alkanes) is 18. The molecule has 62 heavy (non-hydrogen) atoms. The molecule has 11 nitrogen and oxygen atoms in total. The van der Waals surface area contributed by atoms with Crippen molar-refractivity contribution >= 4 is 25.5 Å². The molecule has 0 bridgehead atoms. The minimum atomic E-state index is -4.66. The van der Waals surface area contributed by atoms with Gasteiger partial charge in [0.15, 0.2) is 11.9 Å². The van der Waals surface area contributed by atoms with E-state index in [-0.39, 0.29) is 31.8 Å². The maximum Gasteiger partial charge on any atom is 0.306 e. The predicted molar refractivity (Wildman–Crippen MR) is 249 cm³/mol. The maximum absolute atomic E-state index is 12.8. The lowest BCUT2D eigenvalue weighted by molar-refractivity contribution is -0.870. The van der Waals surface area contributed by atoms with E-state index in [1.54, 1.807) is 6.08 Å². The van der Waals surface area contributed by atoms with E-state index in [4.69, 9.17) is 22.9 Å². The van der Waals surface area contributed by atoms with Gasteiger partial charge in [-0.1, -0.05) is 128 Å². The molecule has 0 aliphatic carbocycles. The molecule has 0 aliphatic heterocycles. The highest BCUT2D eigenvalue weighted by atomic mass is 31.2. The van der Waals surface area contributed by atoms with Crippen LogP contribution in [0.2, 0.25) is 0 Å². The summed E-state index contributed by atoms with van der Waals surface area (Å²) in [5.74, 6) is 1.54. The summed E-state index contributed by atoms with van der Waals surface area (Å²) in [5, 5.41) is 0. The number of allylic oxidation sites excluding steroid dienone is 4. The first-order valence-electron chi connectivity index (χ1n) is 24.4. The Bertz CT molecular complexity index is 1450. The third kappa shape index (κ3) is 32.2. The minimum Gasteiger partial charge on any atom is -0.756 e. The van der Waals surface area contributed by atoms with Crippen LogP contribution in [-0.4, -0.2) is 75.8 Å². The quantitative estimate of drug-likeness (QED) is 0.0156. The van der Waals surface area contributed by atoms with Crippen LogP contribution < -0.4 is 4.89 Å². The summed E-state index contributed by atoms with van der Waals surface area (Å²) in [4.78, 5) is 49.8. The SMILES string of the molecule is CCCCC/C=C\C=C\C(=O)CCCCCCCC(=O)OC[C@H](COP(=O)([O-])OCC[N+](C)(C)C)OC(=O)CCCCCCCCCCCCc1oc(CCCCC)c(C)c1C. The molecule has 0 aliphatic rings. The van der Waals surface area contributed by atoms with E-state index in [0.29, 0.717) is 30.3 Å². The Kier molecular flexibility index (Phi) is 33.1. The Labute approximate surface area is 377 Å². The molecule has 12 heteroatoms. The zero-order chi connectivity index (χ0) is 45.9. The second-order valence-corrected chi connectivity index (χ2v) is 19.5. The molecule has 2 atom stereocenters. The van der Waals surface area contributed by atoms with Crippen molar-refractivity contribution in [3.8, 4) is 0 Å². The molecule has 0 N–H and O–H groups in total. The van der Waals surface area contributed by atoms with Gasteiger partial charge in [0.25, 0.3) is 7.82 Å². The van der Waals surface area contributed by atoms with E-state index in [9.17, 15) is 23.8 Å². The number of carbonyl (C=O) groups is 3. The molecule has 1 rings (SSSR count). The van der Waals surface area contributed by atoms with Gasteiger partial charge in [-0.2, -0.15) is 0 Å². The number of likely N-dealkylation sites (N-methyl/N-ethyl adjacent to an activating group) is 1. The summed E-state index contributed by atoms with van der Waals surface area (Å²) in [6.07, 6.45) is 32.7. The van der Waals surface area contributed by atoms with E-state index in [1.807, 2.05) is 33.3 Å². The third-order valence-electron chi connectivity index (χ3n) is 11.2. The monoisotopic (exact) mass is 894 g/mol. The van der Waals surface area contributed by atoms with Crippen LogP contribution in [0.15, 0.2) is 28.7 Å². The number of phosphoric ester groups is 1. The molecule has 0 radical (unpaired) electrons. The second-order valence-electron chi connectivity index (χ2n) is 18.1. The van der Waals surface area contributed by atoms with E-state index < -0.39 is 32.5 Å². The number of ketones is 1. The molecule has 0 saturated carbocycles. The number of phosphoric acid groups is 1. The Morgan fingerprint density at radius 1 is 0.645 bits per heavy atom. The molecule has 1 aromatic heterocycles. The van der Waals surface area contributed by atoms with Crippen LogP contribution in [0.4, 0.5) is 0 Å². The topological polar surface area (TPSA) is 141 Å². The van der Waals surface area contributed by atoms with Crippen molar-refractivity contribution in [2.75, 3.05) is 47.5 Å². The van der Waals surface area contributed by atoms with Crippen LogP contribution in [0.1, 0.15) is 197 Å². The second kappa shape index (κ2) is 35.7. The van der Waals surface area contributed by atoms with E-state index in [0.717, 1.165) is 70.6 Å². The van der Waals surface area contributed by atoms with Crippen molar-refractivity contribution in [2.24, 2.45) is 0 Å². The third-order valence-corrected chi connectivity index (χ3v) is 12.1. The van der Waals surface area contributed by atoms with Crippen LogP contribution in [0.5, 0.6) is 0 Å². The van der Waals surface area contributed by atoms with Crippen LogP contribution in [-0.2, 0) is 50.3 Å². The highest BCUT2D eigenvalue weighted by molar-refractivity contribution is 7.45. The molecule has 0 fully saturated rings. The number of ether oxygens (including phenoxy) is 2. The van der Waals surface area contributed by atoms with Gasteiger partial charge >= 0.3 is 11.9 Å². The van der Waals surface area contributed by atoms with Gasteiger partial charge in [-0.15, -0.1) is 0 Å². The van der Waals surface area contributed by atoms with Gasteiger partial charge in [-0.05, 0) is 76.0 Å². The molecule has 0 saturated heterocycles. The van der Waals surface area contributed by atoms with Crippen molar-refractivity contribution in [2.45, 2.75) is 207 Å². The molecular formula is C50H88NO10P. The van der Waals surface area contributed by atoms with Crippen LogP contribution in [0.25, 0.3) is 0 Å². The van der Waals surface area contributed by atoms with E-state index >= 15 is 0 Å². The standard InChI is InChI=1S/C50H88NO10P/c1-8-10-12-13-18-22-28-33-45(52)34-29-23-21-26-31-37-49(53)57-41-46(42-59-62(55,56)58-40-39-51(5,6)7)60-50(54)38-32-25-20-17-15-14-16-19-24-30-36-48-44(4)43(3)47(61-48)35-27-11-9-2/h18,22,28,33,46H,8-17,19-21,23-27,29-32,34-42H2,1-7H3/b22-18-,33-28+/t46-/m1/s1. The number of furan rings is 1. The fourth-order valence-corrected chi connectivity index (χ4v) is 7.72.